The van der Waals surface area contributed by atoms with Gasteiger partial charge in [-0.2, -0.15) is 0 Å². The van der Waals surface area contributed by atoms with Crippen molar-refractivity contribution in [3.05, 3.63) is 29.8 Å². The summed E-state index contributed by atoms with van der Waals surface area (Å²) in [4.78, 5) is 12.4. The van der Waals surface area contributed by atoms with Gasteiger partial charge in [-0.25, -0.2) is 0 Å². The SMILES string of the molecule is CNCc1cccc(NC(=O)C(C2CC2)C2CC2)c1.Cl. The van der Waals surface area contributed by atoms with Crippen molar-refractivity contribution in [1.82, 2.24) is 5.32 Å². The van der Waals surface area contributed by atoms with Crippen molar-refractivity contribution in [1.29, 1.82) is 0 Å². The third-order valence-corrected chi connectivity index (χ3v) is 4.14. The first-order valence-electron chi connectivity index (χ1n) is 7.32. The van der Waals surface area contributed by atoms with Gasteiger partial charge in [0.25, 0.3) is 0 Å². The molecule has 2 fully saturated rings. The molecule has 0 unspecified atom stereocenters. The van der Waals surface area contributed by atoms with Gasteiger partial charge in [0.1, 0.15) is 0 Å². The van der Waals surface area contributed by atoms with Gasteiger partial charge in [-0.1, -0.05) is 12.1 Å². The zero-order chi connectivity index (χ0) is 13.2. The number of anilines is 1. The van der Waals surface area contributed by atoms with E-state index >= 15 is 0 Å². The maximum atomic E-state index is 12.4. The molecular weight excluding hydrogens is 272 g/mol. The summed E-state index contributed by atoms with van der Waals surface area (Å²) in [5.41, 5.74) is 2.14. The Morgan fingerprint density at radius 2 is 1.90 bits per heavy atom. The summed E-state index contributed by atoms with van der Waals surface area (Å²) in [6.45, 7) is 0.832. The molecule has 0 bridgehead atoms. The molecule has 0 saturated heterocycles. The highest BCUT2D eigenvalue weighted by molar-refractivity contribution is 5.93. The zero-order valence-corrected chi connectivity index (χ0v) is 12.7. The fourth-order valence-corrected chi connectivity index (χ4v) is 2.91. The summed E-state index contributed by atoms with van der Waals surface area (Å²) >= 11 is 0. The number of benzene rings is 1. The molecule has 2 N–H and O–H groups in total. The topological polar surface area (TPSA) is 41.1 Å². The molecule has 1 aromatic rings. The summed E-state index contributed by atoms with van der Waals surface area (Å²) in [6, 6.07) is 8.12. The molecule has 110 valence electrons. The molecule has 0 aliphatic heterocycles. The van der Waals surface area contributed by atoms with Crippen LogP contribution in [0.15, 0.2) is 24.3 Å². The molecule has 0 spiro atoms. The summed E-state index contributed by atoms with van der Waals surface area (Å²) in [7, 11) is 1.93. The monoisotopic (exact) mass is 294 g/mol. The van der Waals surface area contributed by atoms with Crippen molar-refractivity contribution < 1.29 is 4.79 Å². The largest absolute Gasteiger partial charge is 0.326 e. The number of hydrogen-bond donors (Lipinski definition) is 2. The fraction of sp³-hybridized carbons (Fsp3) is 0.562. The summed E-state index contributed by atoms with van der Waals surface area (Å²) in [6.07, 6.45) is 4.98. The highest BCUT2D eigenvalue weighted by Gasteiger charge is 2.45. The highest BCUT2D eigenvalue weighted by atomic mass is 35.5. The molecule has 1 aromatic carbocycles. The van der Waals surface area contributed by atoms with E-state index in [1.165, 1.54) is 31.2 Å². The van der Waals surface area contributed by atoms with Gasteiger partial charge < -0.3 is 10.6 Å². The number of amides is 1. The molecular formula is C16H23ClN2O. The smallest absolute Gasteiger partial charge is 0.228 e. The first kappa shape index (κ1) is 15.3. The van der Waals surface area contributed by atoms with E-state index in [0.717, 1.165) is 12.2 Å². The molecule has 2 aliphatic carbocycles. The molecule has 0 heterocycles. The van der Waals surface area contributed by atoms with Gasteiger partial charge in [-0.3, -0.25) is 4.79 Å². The number of carbonyl (C=O) groups is 1. The van der Waals surface area contributed by atoms with Crippen molar-refractivity contribution in [2.75, 3.05) is 12.4 Å². The zero-order valence-electron chi connectivity index (χ0n) is 11.9. The van der Waals surface area contributed by atoms with Gasteiger partial charge in [0, 0.05) is 18.2 Å². The second-order valence-electron chi connectivity index (χ2n) is 5.92. The molecule has 3 nitrogen and oxygen atoms in total. The first-order valence-corrected chi connectivity index (χ1v) is 7.32. The average Bonchev–Trinajstić information content (AvgIpc) is 3.24. The lowest BCUT2D eigenvalue weighted by molar-refractivity contribution is -0.121. The standard InChI is InChI=1S/C16H22N2O.ClH/c1-17-10-11-3-2-4-14(9-11)18-16(19)15(12-5-6-12)13-7-8-13;/h2-4,9,12-13,15,17H,5-8,10H2,1H3,(H,18,19);1H. The number of nitrogens with one attached hydrogen (secondary N) is 2. The quantitative estimate of drug-likeness (QED) is 0.846. The number of carbonyl (C=O) groups excluding carboxylic acids is 1. The van der Waals surface area contributed by atoms with Crippen LogP contribution in [0.1, 0.15) is 31.2 Å². The van der Waals surface area contributed by atoms with Crippen LogP contribution in [0.4, 0.5) is 5.69 Å². The van der Waals surface area contributed by atoms with E-state index in [0.29, 0.717) is 11.8 Å². The Balaban J connectivity index is 0.00000147. The minimum Gasteiger partial charge on any atom is -0.326 e. The lowest BCUT2D eigenvalue weighted by Gasteiger charge is -2.15. The molecule has 4 heteroatoms. The summed E-state index contributed by atoms with van der Waals surface area (Å²) in [5, 5.41) is 6.25. The minimum atomic E-state index is 0. The first-order chi connectivity index (χ1) is 9.28. The van der Waals surface area contributed by atoms with Crippen LogP contribution in [0, 0.1) is 17.8 Å². The molecule has 3 rings (SSSR count). The van der Waals surface area contributed by atoms with Crippen LogP contribution in [-0.4, -0.2) is 13.0 Å². The van der Waals surface area contributed by atoms with Crippen molar-refractivity contribution in [2.45, 2.75) is 32.2 Å². The van der Waals surface area contributed by atoms with Crippen LogP contribution < -0.4 is 10.6 Å². The van der Waals surface area contributed by atoms with Crippen molar-refractivity contribution in [3.63, 3.8) is 0 Å². The minimum absolute atomic E-state index is 0. The normalized spacial score (nSPS) is 17.7. The Labute approximate surface area is 126 Å². The van der Waals surface area contributed by atoms with E-state index in [2.05, 4.69) is 22.8 Å². The maximum absolute atomic E-state index is 12.4. The second kappa shape index (κ2) is 6.59. The van der Waals surface area contributed by atoms with Crippen LogP contribution in [0.3, 0.4) is 0 Å². The van der Waals surface area contributed by atoms with Crippen molar-refractivity contribution in [3.8, 4) is 0 Å². The maximum Gasteiger partial charge on any atom is 0.228 e. The third kappa shape index (κ3) is 3.74. The van der Waals surface area contributed by atoms with Crippen molar-refractivity contribution >= 4 is 24.0 Å². The molecule has 2 saturated carbocycles. The predicted octanol–water partition coefficient (Wildman–Crippen LogP) is 3.20. The molecule has 2 aliphatic rings. The molecule has 1 amide bonds. The molecule has 0 atom stereocenters. The predicted molar refractivity (Wildman–Crippen MR) is 84.0 cm³/mol. The van der Waals surface area contributed by atoms with Gasteiger partial charge in [0.2, 0.25) is 5.91 Å². The lowest BCUT2D eigenvalue weighted by Crippen LogP contribution is -2.26. The Hall–Kier alpha value is -1.06. The Morgan fingerprint density at radius 3 is 2.45 bits per heavy atom. The van der Waals surface area contributed by atoms with E-state index in [4.69, 9.17) is 0 Å². The number of rotatable bonds is 6. The van der Waals surface area contributed by atoms with Gasteiger partial charge in [0.05, 0.1) is 0 Å². The van der Waals surface area contributed by atoms with Crippen LogP contribution in [0.25, 0.3) is 0 Å². The summed E-state index contributed by atoms with van der Waals surface area (Å²) in [5.74, 6) is 1.83. The number of halogens is 1. The molecule has 0 radical (unpaired) electrons. The Kier molecular flexibility index (Phi) is 5.06. The average molecular weight is 295 g/mol. The summed E-state index contributed by atoms with van der Waals surface area (Å²) < 4.78 is 0. The molecule has 20 heavy (non-hydrogen) atoms. The van der Waals surface area contributed by atoms with Gasteiger partial charge in [0.15, 0.2) is 0 Å². The molecule has 0 aromatic heterocycles. The third-order valence-electron chi connectivity index (χ3n) is 4.14. The fourth-order valence-electron chi connectivity index (χ4n) is 2.91. The van der Waals surface area contributed by atoms with E-state index in [1.54, 1.807) is 0 Å². The Bertz CT molecular complexity index is 457. The van der Waals surface area contributed by atoms with Gasteiger partial charge in [-0.15, -0.1) is 12.4 Å². The van der Waals surface area contributed by atoms with Crippen LogP contribution in [0.2, 0.25) is 0 Å². The van der Waals surface area contributed by atoms with E-state index < -0.39 is 0 Å². The second-order valence-corrected chi connectivity index (χ2v) is 5.92. The van der Waals surface area contributed by atoms with Crippen LogP contribution in [0.5, 0.6) is 0 Å². The van der Waals surface area contributed by atoms with Crippen LogP contribution in [-0.2, 0) is 11.3 Å². The lowest BCUT2D eigenvalue weighted by atomic mass is 9.97. The van der Waals surface area contributed by atoms with E-state index in [9.17, 15) is 4.79 Å². The van der Waals surface area contributed by atoms with Gasteiger partial charge in [-0.05, 0) is 62.3 Å². The van der Waals surface area contributed by atoms with Crippen molar-refractivity contribution in [2.24, 2.45) is 17.8 Å². The van der Waals surface area contributed by atoms with Gasteiger partial charge >= 0.3 is 0 Å². The van der Waals surface area contributed by atoms with E-state index in [1.807, 2.05) is 19.2 Å². The number of hydrogen-bond acceptors (Lipinski definition) is 2. The van der Waals surface area contributed by atoms with Crippen LogP contribution >= 0.6 is 12.4 Å². The highest BCUT2D eigenvalue weighted by Crippen LogP contribution is 2.49. The Morgan fingerprint density at radius 1 is 1.25 bits per heavy atom. The van der Waals surface area contributed by atoms with E-state index in [-0.39, 0.29) is 24.2 Å².